The van der Waals surface area contributed by atoms with Gasteiger partial charge in [-0.15, -0.1) is 12.4 Å². The zero-order valence-electron chi connectivity index (χ0n) is 17.6. The first-order chi connectivity index (χ1) is 13.9. The van der Waals surface area contributed by atoms with Gasteiger partial charge >= 0.3 is 0 Å². The van der Waals surface area contributed by atoms with E-state index in [9.17, 15) is 4.79 Å². The standard InChI is InChI=1S/C22H25N3O3S.ClH/c1-14-5-6-16(15(2)11-14)21(26)25(8-7-24(3)4)22-23-17-12-18-19(13-20(17)29-22)28-10-9-27-18;/h5-6,11-13H,7-10H2,1-4H3;1H. The summed E-state index contributed by atoms with van der Waals surface area (Å²) in [5.41, 5.74) is 3.64. The number of halogens is 1. The Hall–Kier alpha value is -2.35. The minimum atomic E-state index is -0.0272. The van der Waals surface area contributed by atoms with Crippen LogP contribution in [0.15, 0.2) is 30.3 Å². The van der Waals surface area contributed by atoms with Gasteiger partial charge in [0.25, 0.3) is 5.91 Å². The van der Waals surface area contributed by atoms with Crippen molar-refractivity contribution in [2.45, 2.75) is 13.8 Å². The molecule has 0 spiro atoms. The average molecular weight is 448 g/mol. The third kappa shape index (κ3) is 4.53. The molecule has 0 saturated carbocycles. The highest BCUT2D eigenvalue weighted by Crippen LogP contribution is 2.39. The topological polar surface area (TPSA) is 54.9 Å². The first-order valence-electron chi connectivity index (χ1n) is 9.66. The molecular formula is C22H26ClN3O3S. The number of amides is 1. The Morgan fingerprint density at radius 1 is 1.07 bits per heavy atom. The van der Waals surface area contributed by atoms with E-state index in [1.54, 1.807) is 4.90 Å². The van der Waals surface area contributed by atoms with E-state index < -0.39 is 0 Å². The van der Waals surface area contributed by atoms with E-state index in [-0.39, 0.29) is 18.3 Å². The van der Waals surface area contributed by atoms with E-state index in [2.05, 4.69) is 4.90 Å². The van der Waals surface area contributed by atoms with Gasteiger partial charge in [-0.25, -0.2) is 4.98 Å². The molecule has 0 aliphatic carbocycles. The van der Waals surface area contributed by atoms with Gasteiger partial charge in [0.15, 0.2) is 16.6 Å². The Bertz CT molecular complexity index is 1020. The van der Waals surface area contributed by atoms with Gasteiger partial charge in [-0.2, -0.15) is 0 Å². The maximum atomic E-state index is 13.4. The molecule has 4 rings (SSSR count). The van der Waals surface area contributed by atoms with Crippen LogP contribution < -0.4 is 14.4 Å². The Balaban J connectivity index is 0.00000256. The number of benzene rings is 2. The fourth-order valence-electron chi connectivity index (χ4n) is 3.35. The Kier molecular flexibility index (Phi) is 6.85. The molecule has 0 bridgehead atoms. The van der Waals surface area contributed by atoms with E-state index in [4.69, 9.17) is 14.5 Å². The molecule has 6 nitrogen and oxygen atoms in total. The van der Waals surface area contributed by atoms with Crippen LogP contribution in [-0.2, 0) is 0 Å². The molecule has 8 heteroatoms. The summed E-state index contributed by atoms with van der Waals surface area (Å²) in [6.45, 7) is 6.40. The summed E-state index contributed by atoms with van der Waals surface area (Å²) in [5, 5.41) is 0.689. The van der Waals surface area contributed by atoms with Gasteiger partial charge in [-0.05, 0) is 39.6 Å². The predicted octanol–water partition coefficient (Wildman–Crippen LogP) is 4.31. The average Bonchev–Trinajstić information content (AvgIpc) is 3.08. The maximum Gasteiger partial charge on any atom is 0.260 e. The first-order valence-corrected chi connectivity index (χ1v) is 10.5. The van der Waals surface area contributed by atoms with Crippen molar-refractivity contribution in [2.24, 2.45) is 0 Å². The van der Waals surface area contributed by atoms with Crippen LogP contribution >= 0.6 is 23.7 Å². The highest BCUT2D eigenvalue weighted by Gasteiger charge is 2.24. The van der Waals surface area contributed by atoms with Crippen molar-refractivity contribution < 1.29 is 14.3 Å². The summed E-state index contributed by atoms with van der Waals surface area (Å²) in [6.07, 6.45) is 0. The highest BCUT2D eigenvalue weighted by atomic mass is 35.5. The lowest BCUT2D eigenvalue weighted by atomic mass is 10.0. The van der Waals surface area contributed by atoms with Gasteiger partial charge in [0.1, 0.15) is 13.2 Å². The molecule has 1 aliphatic rings. The first kappa shape index (κ1) is 22.3. The second kappa shape index (κ2) is 9.20. The lowest BCUT2D eigenvalue weighted by Crippen LogP contribution is -2.37. The molecule has 0 N–H and O–H groups in total. The number of thiazole rings is 1. The SMILES string of the molecule is Cc1ccc(C(=O)N(CCN(C)C)c2nc3cc4c(cc3s2)OCCO4)c(C)c1.Cl. The lowest BCUT2D eigenvalue weighted by molar-refractivity contribution is 0.0984. The number of carbonyl (C=O) groups is 1. The van der Waals surface area contributed by atoms with Crippen molar-refractivity contribution in [3.05, 3.63) is 47.0 Å². The van der Waals surface area contributed by atoms with Gasteiger partial charge in [0.2, 0.25) is 0 Å². The number of likely N-dealkylation sites (N-methyl/N-ethyl adjacent to an activating group) is 1. The van der Waals surface area contributed by atoms with Crippen molar-refractivity contribution in [1.29, 1.82) is 0 Å². The molecule has 2 aromatic carbocycles. The lowest BCUT2D eigenvalue weighted by Gasteiger charge is -2.22. The zero-order chi connectivity index (χ0) is 20.5. The third-order valence-electron chi connectivity index (χ3n) is 4.90. The fourth-order valence-corrected chi connectivity index (χ4v) is 4.35. The Labute approximate surface area is 186 Å². The Morgan fingerprint density at radius 2 is 1.77 bits per heavy atom. The molecule has 0 radical (unpaired) electrons. The van der Waals surface area contributed by atoms with Gasteiger partial charge in [0, 0.05) is 30.8 Å². The van der Waals surface area contributed by atoms with Crippen LogP contribution in [0.2, 0.25) is 0 Å². The number of aromatic nitrogens is 1. The maximum absolute atomic E-state index is 13.4. The fraction of sp³-hybridized carbons (Fsp3) is 0.364. The van der Waals surface area contributed by atoms with Crippen molar-refractivity contribution in [3.63, 3.8) is 0 Å². The molecule has 0 saturated heterocycles. The summed E-state index contributed by atoms with van der Waals surface area (Å²) in [4.78, 5) is 22.1. The zero-order valence-corrected chi connectivity index (χ0v) is 19.2. The van der Waals surface area contributed by atoms with Crippen LogP contribution in [-0.4, -0.2) is 56.2 Å². The van der Waals surface area contributed by atoms with Crippen LogP contribution in [0.25, 0.3) is 10.2 Å². The summed E-state index contributed by atoms with van der Waals surface area (Å²) in [5.74, 6) is 1.42. The third-order valence-corrected chi connectivity index (χ3v) is 5.94. The number of aryl methyl sites for hydroxylation is 2. The molecule has 30 heavy (non-hydrogen) atoms. The molecule has 2 heterocycles. The summed E-state index contributed by atoms with van der Waals surface area (Å²) in [7, 11) is 4.00. The number of fused-ring (bicyclic) bond motifs is 2. The Morgan fingerprint density at radius 3 is 2.43 bits per heavy atom. The molecule has 1 aromatic heterocycles. The van der Waals surface area contributed by atoms with Gasteiger partial charge in [0.05, 0.1) is 10.2 Å². The van der Waals surface area contributed by atoms with Gasteiger partial charge < -0.3 is 14.4 Å². The van der Waals surface area contributed by atoms with Gasteiger partial charge in [-0.3, -0.25) is 9.69 Å². The molecular weight excluding hydrogens is 422 g/mol. The monoisotopic (exact) mass is 447 g/mol. The van der Waals surface area contributed by atoms with E-state index >= 15 is 0 Å². The number of rotatable bonds is 5. The molecule has 0 atom stereocenters. The molecule has 1 amide bonds. The van der Waals surface area contributed by atoms with E-state index in [0.717, 1.165) is 33.6 Å². The number of nitrogens with zero attached hydrogens (tertiary/aromatic N) is 3. The molecule has 0 fully saturated rings. The van der Waals surface area contributed by atoms with Crippen LogP contribution in [0.5, 0.6) is 11.5 Å². The second-order valence-corrected chi connectivity index (χ2v) is 8.55. The molecule has 3 aromatic rings. The van der Waals surface area contributed by atoms with E-state index in [1.165, 1.54) is 11.3 Å². The van der Waals surface area contributed by atoms with E-state index in [0.29, 0.717) is 36.2 Å². The van der Waals surface area contributed by atoms with E-state index in [1.807, 2.05) is 58.3 Å². The van der Waals surface area contributed by atoms with Crippen LogP contribution in [0.4, 0.5) is 5.13 Å². The summed E-state index contributed by atoms with van der Waals surface area (Å²) in [6, 6.07) is 9.78. The smallest absolute Gasteiger partial charge is 0.260 e. The molecule has 1 aliphatic heterocycles. The summed E-state index contributed by atoms with van der Waals surface area (Å²) >= 11 is 1.50. The molecule has 160 valence electrons. The highest BCUT2D eigenvalue weighted by molar-refractivity contribution is 7.22. The van der Waals surface area contributed by atoms with Crippen LogP contribution in [0.1, 0.15) is 21.5 Å². The van der Waals surface area contributed by atoms with Crippen molar-refractivity contribution in [2.75, 3.05) is 45.3 Å². The van der Waals surface area contributed by atoms with Crippen LogP contribution in [0, 0.1) is 13.8 Å². The minimum Gasteiger partial charge on any atom is -0.486 e. The van der Waals surface area contributed by atoms with Crippen LogP contribution in [0.3, 0.4) is 0 Å². The summed E-state index contributed by atoms with van der Waals surface area (Å²) < 4.78 is 12.3. The number of hydrogen-bond acceptors (Lipinski definition) is 6. The number of anilines is 1. The van der Waals surface area contributed by atoms with Crippen molar-refractivity contribution in [1.82, 2.24) is 9.88 Å². The largest absolute Gasteiger partial charge is 0.486 e. The normalized spacial score (nSPS) is 12.7. The minimum absolute atomic E-state index is 0. The predicted molar refractivity (Wildman–Crippen MR) is 124 cm³/mol. The number of hydrogen-bond donors (Lipinski definition) is 0. The number of ether oxygens (including phenoxy) is 2. The van der Waals surface area contributed by atoms with Crippen molar-refractivity contribution in [3.8, 4) is 11.5 Å². The molecule has 0 unspecified atom stereocenters. The van der Waals surface area contributed by atoms with Crippen molar-refractivity contribution >= 4 is 45.0 Å². The van der Waals surface area contributed by atoms with Gasteiger partial charge in [-0.1, -0.05) is 29.0 Å². The number of carbonyl (C=O) groups excluding carboxylic acids is 1. The quantitative estimate of drug-likeness (QED) is 0.583. The second-order valence-electron chi connectivity index (χ2n) is 7.54.